The van der Waals surface area contributed by atoms with E-state index in [4.69, 9.17) is 0 Å². The van der Waals surface area contributed by atoms with Gasteiger partial charge in [-0.3, -0.25) is 4.79 Å². The maximum absolute atomic E-state index is 11.0. The summed E-state index contributed by atoms with van der Waals surface area (Å²) in [5.41, 5.74) is 0. The fourth-order valence-corrected chi connectivity index (χ4v) is 0.818. The van der Waals surface area contributed by atoms with Crippen molar-refractivity contribution in [3.63, 3.8) is 0 Å². The molecule has 1 rings (SSSR count). The van der Waals surface area contributed by atoms with Crippen LogP contribution in [0.5, 0.6) is 0 Å². The third-order valence-electron chi connectivity index (χ3n) is 1.78. The second-order valence-corrected chi connectivity index (χ2v) is 3.15. The Hall–Kier alpha value is -0.970. The first-order valence-corrected chi connectivity index (χ1v) is 4.62. The van der Waals surface area contributed by atoms with E-state index in [2.05, 4.69) is 24.1 Å². The number of carbonyl (C=O) groups is 1. The molecule has 0 spiro atoms. The molecule has 0 aliphatic heterocycles. The summed E-state index contributed by atoms with van der Waals surface area (Å²) in [5, 5.41) is 2.75. The molecule has 1 aliphatic carbocycles. The van der Waals surface area contributed by atoms with E-state index in [0.29, 0.717) is 5.92 Å². The van der Waals surface area contributed by atoms with E-state index >= 15 is 0 Å². The zero-order valence-corrected chi connectivity index (χ0v) is 7.52. The number of hydrogen-bond donors (Lipinski definition) is 1. The van der Waals surface area contributed by atoms with Crippen LogP contribution in [0, 0.1) is 17.8 Å². The summed E-state index contributed by atoms with van der Waals surface area (Å²) in [6, 6.07) is 0. The molecular formula is C10H15NO. The third-order valence-corrected chi connectivity index (χ3v) is 1.78. The van der Waals surface area contributed by atoms with E-state index in [1.807, 2.05) is 0 Å². The van der Waals surface area contributed by atoms with Crippen molar-refractivity contribution in [2.24, 2.45) is 5.92 Å². The van der Waals surface area contributed by atoms with E-state index in [9.17, 15) is 4.79 Å². The van der Waals surface area contributed by atoms with Crippen LogP contribution in [0.25, 0.3) is 0 Å². The van der Waals surface area contributed by atoms with E-state index in [0.717, 1.165) is 19.4 Å². The fourth-order valence-electron chi connectivity index (χ4n) is 0.818. The maximum Gasteiger partial charge on any atom is 0.295 e. The van der Waals surface area contributed by atoms with Gasteiger partial charge in [0.15, 0.2) is 0 Å². The van der Waals surface area contributed by atoms with Gasteiger partial charge in [0.1, 0.15) is 0 Å². The smallest absolute Gasteiger partial charge is 0.295 e. The second kappa shape index (κ2) is 4.82. The predicted octanol–water partition coefficient (Wildman–Crippen LogP) is 1.32. The third kappa shape index (κ3) is 4.02. The molecule has 0 unspecified atom stereocenters. The molecule has 0 aromatic heterocycles. The standard InChI is InChI=1S/C10H15NO/c1-2-3-8-11-10(12)7-6-9-4-5-9/h9H,2-5,8H2,1H3,(H,11,12). The van der Waals surface area contributed by atoms with Crippen molar-refractivity contribution in [2.45, 2.75) is 32.6 Å². The Kier molecular flexibility index (Phi) is 3.66. The van der Waals surface area contributed by atoms with Crippen LogP contribution in [0.15, 0.2) is 0 Å². The van der Waals surface area contributed by atoms with Crippen LogP contribution in [0.4, 0.5) is 0 Å². The first-order valence-electron chi connectivity index (χ1n) is 4.62. The van der Waals surface area contributed by atoms with Gasteiger partial charge in [-0.1, -0.05) is 19.3 Å². The van der Waals surface area contributed by atoms with Gasteiger partial charge in [-0.15, -0.1) is 0 Å². The lowest BCUT2D eigenvalue weighted by atomic mass is 10.3. The van der Waals surface area contributed by atoms with Crippen LogP contribution in [0.2, 0.25) is 0 Å². The van der Waals surface area contributed by atoms with Crippen LogP contribution in [-0.2, 0) is 4.79 Å². The Morgan fingerprint density at radius 3 is 2.92 bits per heavy atom. The van der Waals surface area contributed by atoms with Crippen molar-refractivity contribution >= 4 is 5.91 Å². The Morgan fingerprint density at radius 1 is 1.58 bits per heavy atom. The molecule has 1 fully saturated rings. The normalized spacial score (nSPS) is 14.8. The summed E-state index contributed by atoms with van der Waals surface area (Å²) in [4.78, 5) is 11.0. The molecule has 0 aromatic carbocycles. The molecule has 12 heavy (non-hydrogen) atoms. The van der Waals surface area contributed by atoms with Crippen LogP contribution in [-0.4, -0.2) is 12.5 Å². The Labute approximate surface area is 73.7 Å². The molecule has 0 saturated heterocycles. The summed E-state index contributed by atoms with van der Waals surface area (Å²) < 4.78 is 0. The molecule has 1 amide bonds. The van der Waals surface area contributed by atoms with Crippen LogP contribution in [0.1, 0.15) is 32.6 Å². The number of hydrogen-bond acceptors (Lipinski definition) is 1. The monoisotopic (exact) mass is 165 g/mol. The predicted molar refractivity (Wildman–Crippen MR) is 48.4 cm³/mol. The van der Waals surface area contributed by atoms with Crippen molar-refractivity contribution in [2.75, 3.05) is 6.54 Å². The molecule has 2 nitrogen and oxygen atoms in total. The maximum atomic E-state index is 11.0. The van der Waals surface area contributed by atoms with Gasteiger partial charge in [0.2, 0.25) is 0 Å². The molecule has 0 bridgehead atoms. The second-order valence-electron chi connectivity index (χ2n) is 3.15. The van der Waals surface area contributed by atoms with Crippen LogP contribution in [0.3, 0.4) is 0 Å². The molecule has 1 aliphatic rings. The molecular weight excluding hydrogens is 150 g/mol. The fraction of sp³-hybridized carbons (Fsp3) is 0.700. The van der Waals surface area contributed by atoms with Gasteiger partial charge in [-0.05, 0) is 25.2 Å². The first kappa shape index (κ1) is 9.12. The number of unbranched alkanes of at least 4 members (excludes halogenated alkanes) is 1. The molecule has 1 N–H and O–H groups in total. The highest BCUT2D eigenvalue weighted by molar-refractivity contribution is 5.93. The average Bonchev–Trinajstić information content (AvgIpc) is 2.84. The SMILES string of the molecule is CCCCNC(=O)C#CC1CC1. The highest BCUT2D eigenvalue weighted by Crippen LogP contribution is 2.27. The first-order chi connectivity index (χ1) is 5.83. The Bertz CT molecular complexity index is 208. The van der Waals surface area contributed by atoms with E-state index in [-0.39, 0.29) is 5.91 Å². The van der Waals surface area contributed by atoms with Gasteiger partial charge in [-0.2, -0.15) is 0 Å². The van der Waals surface area contributed by atoms with E-state index < -0.39 is 0 Å². The summed E-state index contributed by atoms with van der Waals surface area (Å²) >= 11 is 0. The summed E-state index contributed by atoms with van der Waals surface area (Å²) in [6.07, 6.45) is 4.50. The number of carbonyl (C=O) groups excluding carboxylic acids is 1. The lowest BCUT2D eigenvalue weighted by Gasteiger charge is -1.96. The van der Waals surface area contributed by atoms with Gasteiger partial charge in [0.25, 0.3) is 5.91 Å². The molecule has 0 radical (unpaired) electrons. The summed E-state index contributed by atoms with van der Waals surface area (Å²) in [6.45, 7) is 2.86. The highest BCUT2D eigenvalue weighted by atomic mass is 16.1. The molecule has 66 valence electrons. The van der Waals surface area contributed by atoms with Gasteiger partial charge >= 0.3 is 0 Å². The van der Waals surface area contributed by atoms with Crippen molar-refractivity contribution in [1.29, 1.82) is 0 Å². The van der Waals surface area contributed by atoms with Crippen molar-refractivity contribution in [3.05, 3.63) is 0 Å². The van der Waals surface area contributed by atoms with E-state index in [1.54, 1.807) is 0 Å². The molecule has 2 heteroatoms. The minimum absolute atomic E-state index is 0.115. The average molecular weight is 165 g/mol. The highest BCUT2D eigenvalue weighted by Gasteiger charge is 2.17. The van der Waals surface area contributed by atoms with Crippen LogP contribution < -0.4 is 5.32 Å². The number of nitrogens with one attached hydrogen (secondary N) is 1. The Morgan fingerprint density at radius 2 is 2.33 bits per heavy atom. The van der Waals surface area contributed by atoms with Gasteiger partial charge < -0.3 is 5.32 Å². The van der Waals surface area contributed by atoms with E-state index in [1.165, 1.54) is 12.8 Å². The summed E-state index contributed by atoms with van der Waals surface area (Å²) in [5.74, 6) is 5.92. The zero-order valence-electron chi connectivity index (χ0n) is 7.52. The largest absolute Gasteiger partial charge is 0.345 e. The molecule has 0 heterocycles. The van der Waals surface area contributed by atoms with Gasteiger partial charge in [0, 0.05) is 12.5 Å². The minimum atomic E-state index is -0.115. The molecule has 0 atom stereocenters. The van der Waals surface area contributed by atoms with Crippen molar-refractivity contribution in [1.82, 2.24) is 5.32 Å². The lowest BCUT2D eigenvalue weighted by Crippen LogP contribution is -2.22. The summed E-state index contributed by atoms with van der Waals surface area (Å²) in [7, 11) is 0. The van der Waals surface area contributed by atoms with Crippen LogP contribution >= 0.6 is 0 Å². The topological polar surface area (TPSA) is 29.1 Å². The molecule has 1 saturated carbocycles. The molecule has 0 aromatic rings. The van der Waals surface area contributed by atoms with Gasteiger partial charge in [-0.25, -0.2) is 0 Å². The minimum Gasteiger partial charge on any atom is -0.345 e. The number of amides is 1. The number of rotatable bonds is 3. The Balaban J connectivity index is 2.07. The van der Waals surface area contributed by atoms with Crippen molar-refractivity contribution < 1.29 is 4.79 Å². The zero-order chi connectivity index (χ0) is 8.81. The van der Waals surface area contributed by atoms with Crippen molar-refractivity contribution in [3.8, 4) is 11.8 Å². The van der Waals surface area contributed by atoms with Gasteiger partial charge in [0.05, 0.1) is 0 Å². The quantitative estimate of drug-likeness (QED) is 0.496. The lowest BCUT2D eigenvalue weighted by molar-refractivity contribution is -0.115.